The second-order valence-corrected chi connectivity index (χ2v) is 23.4. The number of hydrogen-bond acceptors (Lipinski definition) is 8. The van der Waals surface area contributed by atoms with Crippen LogP contribution in [0.25, 0.3) is 44.2 Å². The molecular weight excluding hydrogens is 815 g/mol. The summed E-state index contributed by atoms with van der Waals surface area (Å²) in [5.74, 6) is -0.832. The van der Waals surface area contributed by atoms with E-state index in [0.29, 0.717) is 23.3 Å². The normalized spacial score (nSPS) is 23.9. The molecule has 8 rings (SSSR count). The van der Waals surface area contributed by atoms with Gasteiger partial charge in [0.2, 0.25) is 11.8 Å². The Balaban J connectivity index is 1.03. The van der Waals surface area contributed by atoms with Crippen molar-refractivity contribution in [2.75, 3.05) is 20.4 Å². The number of halogens is 2. The molecule has 62 heavy (non-hydrogen) atoms. The zero-order valence-corrected chi connectivity index (χ0v) is 37.2. The van der Waals surface area contributed by atoms with E-state index in [-0.39, 0.29) is 30.2 Å². The Bertz CT molecular complexity index is 2530. The average molecular weight is 869 g/mol. The third-order valence-corrected chi connectivity index (χ3v) is 15.6. The van der Waals surface area contributed by atoms with E-state index in [4.69, 9.17) is 19.4 Å². The van der Waals surface area contributed by atoms with Crippen LogP contribution in [0, 0.1) is 17.8 Å². The first-order chi connectivity index (χ1) is 29.5. The van der Waals surface area contributed by atoms with Crippen molar-refractivity contribution in [1.29, 1.82) is 0 Å². The number of aromatic amines is 2. The molecule has 17 heteroatoms. The molecule has 3 fully saturated rings. The minimum atomic E-state index is -1.84. The standard InChI is InChI=1S/C45H54F2N8O6Si/c1-22(2)36(52-44(58)60-5)42(56)54-21-62(7,8)20-33(54)40-48-19-31(50-40)25-11-9-24(10-12-25)26-13-15-28-27(17-26)14-16-30-38(28)51-41(49-30)39-29-18-32(35(47)34(29)46)55(39)43(57)37(23(3)4)53-45(59)61-6/h9-17,19,22-23,29,32-37,39H,18,20-21H2,1-8H3,(H,48,50)(H,49,51)(H,52,58)(H,53,59)/t29-,32+,33+,34+,35-,36+,37+,39-/m1/s1. The molecule has 4 amide bonds. The maximum atomic E-state index is 15.4. The summed E-state index contributed by atoms with van der Waals surface area (Å²) in [4.78, 5) is 72.0. The Hall–Kier alpha value is -5.84. The van der Waals surface area contributed by atoms with Crippen LogP contribution in [-0.2, 0) is 19.1 Å². The number of rotatable bonds is 10. The van der Waals surface area contributed by atoms with Crippen LogP contribution in [0.4, 0.5) is 18.4 Å². The highest BCUT2D eigenvalue weighted by Crippen LogP contribution is 2.53. The summed E-state index contributed by atoms with van der Waals surface area (Å²) in [6, 6.07) is 15.2. The number of ether oxygens (including phenoxy) is 2. The van der Waals surface area contributed by atoms with Gasteiger partial charge in [-0.3, -0.25) is 9.59 Å². The van der Waals surface area contributed by atoms with Gasteiger partial charge in [-0.1, -0.05) is 83.3 Å². The minimum Gasteiger partial charge on any atom is -0.453 e. The quantitative estimate of drug-likeness (QED) is 0.104. The zero-order valence-electron chi connectivity index (χ0n) is 36.2. The van der Waals surface area contributed by atoms with Crippen LogP contribution >= 0.6 is 0 Å². The summed E-state index contributed by atoms with van der Waals surface area (Å²) in [5.41, 5.74) is 5.09. The van der Waals surface area contributed by atoms with E-state index in [0.717, 1.165) is 44.7 Å². The fourth-order valence-corrected chi connectivity index (χ4v) is 12.6. The number of piperidine rings is 1. The van der Waals surface area contributed by atoms with E-state index in [9.17, 15) is 19.2 Å². The van der Waals surface area contributed by atoms with Crippen molar-refractivity contribution in [3.8, 4) is 22.4 Å². The highest BCUT2D eigenvalue weighted by Gasteiger charge is 2.62. The molecule has 1 saturated carbocycles. The number of carbonyl (C=O) groups is 4. The van der Waals surface area contributed by atoms with Gasteiger partial charge in [0.05, 0.1) is 63.3 Å². The number of nitrogens with zero attached hydrogens (tertiary/aromatic N) is 4. The van der Waals surface area contributed by atoms with Crippen LogP contribution in [0.5, 0.6) is 0 Å². The number of aromatic nitrogens is 4. The number of fused-ring (bicyclic) bond motifs is 5. The molecule has 3 aliphatic rings. The molecule has 2 bridgehead atoms. The van der Waals surface area contributed by atoms with Crippen LogP contribution < -0.4 is 10.6 Å². The number of benzene rings is 3. The predicted molar refractivity (Wildman–Crippen MR) is 233 cm³/mol. The lowest BCUT2D eigenvalue weighted by Gasteiger charge is -2.39. The third-order valence-electron chi connectivity index (χ3n) is 12.9. The van der Waals surface area contributed by atoms with Crippen molar-refractivity contribution in [3.05, 3.63) is 72.4 Å². The van der Waals surface area contributed by atoms with Crippen LogP contribution in [0.3, 0.4) is 0 Å². The smallest absolute Gasteiger partial charge is 0.407 e. The van der Waals surface area contributed by atoms with Crippen molar-refractivity contribution in [3.63, 3.8) is 0 Å². The molecule has 0 spiro atoms. The molecule has 14 nitrogen and oxygen atoms in total. The summed E-state index contributed by atoms with van der Waals surface area (Å²) < 4.78 is 40.2. The number of imidazole rings is 2. The van der Waals surface area contributed by atoms with Gasteiger partial charge in [0.1, 0.15) is 29.9 Å². The SMILES string of the molecule is COC(=O)N[C@H](C(=O)N1C[Si](C)(C)C[C@H]1c1ncc(-c2ccc(-c3ccc4c(ccc5nc([C@H]6[C@@H]7C[C@@H]([C@@H](F)[C@H]7F)N6C(=O)[C@@H](NC(=O)OC)C(C)C)[nH]c54)c3)cc2)[nH]1)C(C)C. The summed E-state index contributed by atoms with van der Waals surface area (Å²) >= 11 is 0. The molecule has 1 aliphatic carbocycles. The van der Waals surface area contributed by atoms with E-state index in [1.165, 1.54) is 19.1 Å². The Labute approximate surface area is 359 Å². The zero-order chi connectivity index (χ0) is 44.4. The first-order valence-corrected chi connectivity index (χ1v) is 24.6. The molecule has 0 radical (unpaired) electrons. The highest BCUT2D eigenvalue weighted by molar-refractivity contribution is 6.78. The lowest BCUT2D eigenvalue weighted by molar-refractivity contribution is -0.143. The summed E-state index contributed by atoms with van der Waals surface area (Å²) in [6.07, 6.45) is -2.40. The number of likely N-dealkylation sites (tertiary alicyclic amines) is 1. The molecule has 2 aliphatic heterocycles. The van der Waals surface area contributed by atoms with Crippen LogP contribution in [0.2, 0.25) is 19.1 Å². The molecule has 328 valence electrons. The van der Waals surface area contributed by atoms with Crippen LogP contribution in [-0.4, -0.2) is 113 Å². The highest BCUT2D eigenvalue weighted by atomic mass is 28.3. The summed E-state index contributed by atoms with van der Waals surface area (Å²) in [5, 5.41) is 7.13. The molecular formula is C45H54F2N8O6Si. The van der Waals surface area contributed by atoms with Gasteiger partial charge >= 0.3 is 12.2 Å². The molecule has 8 atom stereocenters. The van der Waals surface area contributed by atoms with Gasteiger partial charge in [-0.05, 0) is 58.5 Å². The van der Waals surface area contributed by atoms with Crippen molar-refractivity contribution in [2.45, 2.75) is 95.8 Å². The topological polar surface area (TPSA) is 175 Å². The van der Waals surface area contributed by atoms with Crippen molar-refractivity contribution in [2.24, 2.45) is 17.8 Å². The Morgan fingerprint density at radius 1 is 0.806 bits per heavy atom. The van der Waals surface area contributed by atoms with Gasteiger partial charge in [0, 0.05) is 17.5 Å². The largest absolute Gasteiger partial charge is 0.453 e. The molecule has 5 aromatic rings. The number of amides is 4. The van der Waals surface area contributed by atoms with Crippen molar-refractivity contribution >= 4 is 53.9 Å². The monoisotopic (exact) mass is 868 g/mol. The number of methoxy groups -OCH3 is 2. The number of alkyl halides is 2. The fourth-order valence-electron chi connectivity index (χ4n) is 9.73. The fraction of sp³-hybridized carbons (Fsp3) is 0.467. The van der Waals surface area contributed by atoms with E-state index >= 15 is 8.78 Å². The number of nitrogens with one attached hydrogen (secondary N) is 4. The van der Waals surface area contributed by atoms with Gasteiger partial charge < -0.3 is 39.9 Å². The van der Waals surface area contributed by atoms with Crippen molar-refractivity contribution in [1.82, 2.24) is 40.4 Å². The van der Waals surface area contributed by atoms with Crippen molar-refractivity contribution < 1.29 is 37.4 Å². The lowest BCUT2D eigenvalue weighted by Crippen LogP contribution is -2.57. The van der Waals surface area contributed by atoms with Gasteiger partial charge in [0.15, 0.2) is 6.17 Å². The molecule has 4 N–H and O–H groups in total. The van der Waals surface area contributed by atoms with E-state index in [2.05, 4.69) is 39.8 Å². The van der Waals surface area contributed by atoms with Crippen LogP contribution in [0.1, 0.15) is 57.8 Å². The molecule has 2 saturated heterocycles. The van der Waals surface area contributed by atoms with E-state index < -0.39 is 68.6 Å². The summed E-state index contributed by atoms with van der Waals surface area (Å²) in [6.45, 7) is 11.9. The van der Waals surface area contributed by atoms with Gasteiger partial charge in [0.25, 0.3) is 0 Å². The summed E-state index contributed by atoms with van der Waals surface area (Å²) in [7, 11) is 0.706. The van der Waals surface area contributed by atoms with Gasteiger partial charge in [-0.2, -0.15) is 0 Å². The Kier molecular flexibility index (Phi) is 11.4. The van der Waals surface area contributed by atoms with E-state index in [1.54, 1.807) is 20.0 Å². The van der Waals surface area contributed by atoms with Gasteiger partial charge in [-0.25, -0.2) is 28.3 Å². The Morgan fingerprint density at radius 2 is 1.44 bits per heavy atom. The number of hydrogen-bond donors (Lipinski definition) is 4. The lowest BCUT2D eigenvalue weighted by atomic mass is 9.93. The Morgan fingerprint density at radius 3 is 2.08 bits per heavy atom. The first-order valence-electron chi connectivity index (χ1n) is 21.2. The van der Waals surface area contributed by atoms with Crippen LogP contribution in [0.15, 0.2) is 60.8 Å². The van der Waals surface area contributed by atoms with Gasteiger partial charge in [-0.15, -0.1) is 0 Å². The van der Waals surface area contributed by atoms with E-state index in [1.807, 2.05) is 67.3 Å². The number of alkyl carbamates (subject to hydrolysis) is 2. The minimum absolute atomic E-state index is 0.135. The number of carbonyl (C=O) groups excluding carboxylic acids is 4. The molecule has 4 heterocycles. The first kappa shape index (κ1) is 42.8. The average Bonchev–Trinajstić information content (AvgIpc) is 4.09. The molecule has 2 aromatic heterocycles. The second-order valence-electron chi connectivity index (χ2n) is 18.4. The number of H-pyrrole nitrogens is 2. The second kappa shape index (κ2) is 16.5. The molecule has 3 aromatic carbocycles. The molecule has 0 unspecified atom stereocenters. The third kappa shape index (κ3) is 7.68. The maximum Gasteiger partial charge on any atom is 0.407 e. The maximum absolute atomic E-state index is 15.4. The predicted octanol–water partition coefficient (Wildman–Crippen LogP) is 7.61.